The maximum atomic E-state index is 14.0. The monoisotopic (exact) mass is 294 g/mol. The Balaban J connectivity index is 2.12. The smallest absolute Gasteiger partial charge is 0.413 e. The summed E-state index contributed by atoms with van der Waals surface area (Å²) in [5.74, 6) is 0. The molecule has 2 heterocycles. The van der Waals surface area contributed by atoms with Gasteiger partial charge in [-0.2, -0.15) is 0 Å². The maximum Gasteiger partial charge on any atom is 0.413 e. The lowest BCUT2D eigenvalue weighted by Crippen LogP contribution is -2.52. The van der Waals surface area contributed by atoms with Crippen molar-refractivity contribution in [1.82, 2.24) is 4.90 Å². The fraction of sp³-hybridized carbons (Fsp3) is 0.800. The van der Waals surface area contributed by atoms with Gasteiger partial charge in [0.05, 0.1) is 6.10 Å². The Hall–Kier alpha value is -0.900. The van der Waals surface area contributed by atoms with E-state index in [1.807, 2.05) is 0 Å². The highest BCUT2D eigenvalue weighted by Crippen LogP contribution is 2.39. The first-order chi connectivity index (χ1) is 8.95. The zero-order valence-electron chi connectivity index (χ0n) is 10.1. The predicted molar refractivity (Wildman–Crippen MR) is 65.9 cm³/mol. The van der Waals surface area contributed by atoms with Crippen LogP contribution in [0.2, 0.25) is 0 Å². The van der Waals surface area contributed by atoms with E-state index in [0.717, 1.165) is 16.7 Å². The summed E-state index contributed by atoms with van der Waals surface area (Å²) < 4.78 is 19.5. The molecule has 0 aliphatic carbocycles. The molecule has 0 aromatic carbocycles. The highest BCUT2D eigenvalue weighted by atomic mass is 32.2. The molecule has 5 atom stereocenters. The molecular formula is C10H15FN2O5S. The van der Waals surface area contributed by atoms with E-state index >= 15 is 0 Å². The number of alkyl halides is 1. The number of amides is 1. The fourth-order valence-corrected chi connectivity index (χ4v) is 3.17. The van der Waals surface area contributed by atoms with Crippen LogP contribution in [0.4, 0.5) is 9.18 Å². The molecule has 19 heavy (non-hydrogen) atoms. The summed E-state index contributed by atoms with van der Waals surface area (Å²) >= 11 is 1.01. The van der Waals surface area contributed by atoms with Crippen LogP contribution in [0, 0.1) is 0 Å². The summed E-state index contributed by atoms with van der Waals surface area (Å²) in [5, 5.41) is 27.6. The number of hydrogen-bond acceptors (Lipinski definition) is 6. The molecular weight excluding hydrogens is 279 g/mol. The van der Waals surface area contributed by atoms with E-state index < -0.39 is 36.0 Å². The summed E-state index contributed by atoms with van der Waals surface area (Å²) in [7, 11) is 1.31. The summed E-state index contributed by atoms with van der Waals surface area (Å²) in [6.07, 6.45) is -4.89. The number of ether oxygens (including phenoxy) is 1. The second kappa shape index (κ2) is 5.61. The molecule has 7 nitrogen and oxygen atoms in total. The highest BCUT2D eigenvalue weighted by molar-refractivity contribution is 8.14. The molecule has 0 aromatic heterocycles. The lowest BCUT2D eigenvalue weighted by molar-refractivity contribution is -0.136. The van der Waals surface area contributed by atoms with Crippen molar-refractivity contribution in [1.29, 1.82) is 0 Å². The van der Waals surface area contributed by atoms with Crippen LogP contribution in [0.3, 0.4) is 0 Å². The molecule has 0 saturated carbocycles. The van der Waals surface area contributed by atoms with Crippen molar-refractivity contribution in [2.45, 2.75) is 36.3 Å². The molecule has 1 fully saturated rings. The number of thioether (sulfide) groups is 1. The first-order valence-corrected chi connectivity index (χ1v) is 6.63. The molecule has 108 valence electrons. The number of rotatable bonds is 2. The third-order valence-corrected chi connectivity index (χ3v) is 4.30. The second-order valence-corrected chi connectivity index (χ2v) is 5.42. The van der Waals surface area contributed by atoms with E-state index in [2.05, 4.69) is 4.99 Å². The molecule has 0 aromatic rings. The van der Waals surface area contributed by atoms with Crippen molar-refractivity contribution in [3.8, 4) is 0 Å². The van der Waals surface area contributed by atoms with Crippen LogP contribution < -0.4 is 0 Å². The maximum absolute atomic E-state index is 14.0. The molecule has 0 unspecified atom stereocenters. The van der Waals surface area contributed by atoms with Gasteiger partial charge in [-0.15, -0.1) is 0 Å². The van der Waals surface area contributed by atoms with Gasteiger partial charge in [0.2, 0.25) is 0 Å². The Morgan fingerprint density at radius 3 is 2.89 bits per heavy atom. The van der Waals surface area contributed by atoms with E-state index in [9.17, 15) is 14.3 Å². The van der Waals surface area contributed by atoms with Crippen LogP contribution >= 0.6 is 11.8 Å². The minimum Gasteiger partial charge on any atom is -0.465 e. The van der Waals surface area contributed by atoms with Crippen LogP contribution in [-0.4, -0.2) is 75.0 Å². The van der Waals surface area contributed by atoms with Crippen LogP contribution in [0.1, 0.15) is 6.42 Å². The molecule has 9 heteroatoms. The lowest BCUT2D eigenvalue weighted by Gasteiger charge is -2.36. The van der Waals surface area contributed by atoms with E-state index in [4.69, 9.17) is 14.9 Å². The Morgan fingerprint density at radius 2 is 2.32 bits per heavy atom. The first-order valence-electron chi connectivity index (χ1n) is 5.75. The zero-order chi connectivity index (χ0) is 14.2. The number of fused-ring (bicyclic) bond motifs is 1. The quantitative estimate of drug-likeness (QED) is 0.656. The van der Waals surface area contributed by atoms with Crippen LogP contribution in [0.15, 0.2) is 4.99 Å². The third-order valence-electron chi connectivity index (χ3n) is 3.09. The number of aliphatic hydroxyl groups excluding tert-OH is 2. The summed E-state index contributed by atoms with van der Waals surface area (Å²) in [6, 6.07) is -0.924. The number of halogens is 1. The minimum absolute atomic E-state index is 0.121. The van der Waals surface area contributed by atoms with Gasteiger partial charge in [0.1, 0.15) is 17.6 Å². The van der Waals surface area contributed by atoms with Crippen molar-refractivity contribution in [3.05, 3.63) is 0 Å². The molecule has 0 bridgehead atoms. The van der Waals surface area contributed by atoms with Crippen molar-refractivity contribution in [2.24, 2.45) is 4.99 Å². The number of hydrogen-bond donors (Lipinski definition) is 3. The van der Waals surface area contributed by atoms with Gasteiger partial charge in [0.25, 0.3) is 0 Å². The van der Waals surface area contributed by atoms with E-state index in [0.29, 0.717) is 0 Å². The minimum atomic E-state index is -1.64. The summed E-state index contributed by atoms with van der Waals surface area (Å²) in [5.41, 5.74) is -0.674. The number of aliphatic hydroxyl groups is 2. The van der Waals surface area contributed by atoms with Crippen molar-refractivity contribution in [3.63, 3.8) is 0 Å². The van der Waals surface area contributed by atoms with Gasteiger partial charge in [0.15, 0.2) is 11.3 Å². The fourth-order valence-electron chi connectivity index (χ4n) is 2.00. The third kappa shape index (κ3) is 2.69. The standard InChI is InChI=1S/C10H15FN2O5S/c1-13(10(16)17)9-12-6-5(11)7(15)4(2-3-14)18-8(6)19-9/h4-8,14-15H,2-3H2,1H3,(H,16,17)/t4-,5-,6-,7-,8-/m1/s1. The number of aliphatic imine (C=N–C) groups is 1. The largest absolute Gasteiger partial charge is 0.465 e. The highest BCUT2D eigenvalue weighted by Gasteiger charge is 2.49. The van der Waals surface area contributed by atoms with Crippen LogP contribution in [-0.2, 0) is 4.74 Å². The molecule has 0 radical (unpaired) electrons. The average Bonchev–Trinajstić information content (AvgIpc) is 2.78. The van der Waals surface area contributed by atoms with Gasteiger partial charge in [0, 0.05) is 13.7 Å². The van der Waals surface area contributed by atoms with Gasteiger partial charge in [-0.05, 0) is 6.42 Å². The molecule has 1 amide bonds. The van der Waals surface area contributed by atoms with Gasteiger partial charge in [-0.1, -0.05) is 11.8 Å². The zero-order valence-corrected chi connectivity index (χ0v) is 11.0. The summed E-state index contributed by atoms with van der Waals surface area (Å²) in [6.45, 7) is -0.223. The Morgan fingerprint density at radius 1 is 1.63 bits per heavy atom. The Kier molecular flexibility index (Phi) is 4.29. The van der Waals surface area contributed by atoms with Crippen LogP contribution in [0.25, 0.3) is 0 Å². The van der Waals surface area contributed by atoms with Crippen molar-refractivity contribution in [2.75, 3.05) is 13.7 Å². The number of carboxylic acid groups (broad SMARTS) is 1. The van der Waals surface area contributed by atoms with Gasteiger partial charge >= 0.3 is 6.09 Å². The van der Waals surface area contributed by atoms with Crippen molar-refractivity contribution < 1.29 is 29.2 Å². The molecule has 2 aliphatic heterocycles. The second-order valence-electron chi connectivity index (χ2n) is 4.35. The molecule has 3 N–H and O–H groups in total. The SMILES string of the molecule is CN(C(=O)O)C1=N[C@@H]2[C@@H](F)[C@H](O)[C@@H](CCO)O[C@@H]2S1. The average molecular weight is 294 g/mol. The van der Waals surface area contributed by atoms with Gasteiger partial charge < -0.3 is 20.1 Å². The van der Waals surface area contributed by atoms with E-state index in [1.54, 1.807) is 0 Å². The Labute approximate surface area is 113 Å². The van der Waals surface area contributed by atoms with E-state index in [1.165, 1.54) is 7.05 Å². The predicted octanol–water partition coefficient (Wildman–Crippen LogP) is -0.126. The van der Waals surface area contributed by atoms with Crippen molar-refractivity contribution >= 4 is 23.0 Å². The summed E-state index contributed by atoms with van der Waals surface area (Å²) in [4.78, 5) is 15.7. The topological polar surface area (TPSA) is 103 Å². The number of nitrogens with zero attached hydrogens (tertiary/aromatic N) is 2. The number of carbonyl (C=O) groups is 1. The van der Waals surface area contributed by atoms with E-state index in [-0.39, 0.29) is 18.2 Å². The molecule has 0 spiro atoms. The molecule has 2 aliphatic rings. The first kappa shape index (κ1) is 14.5. The normalized spacial score (nSPS) is 37.7. The molecule has 1 saturated heterocycles. The van der Waals surface area contributed by atoms with Gasteiger partial charge in [-0.25, -0.2) is 9.18 Å². The van der Waals surface area contributed by atoms with Gasteiger partial charge in [-0.3, -0.25) is 9.89 Å². The number of amidine groups is 1. The molecule has 2 rings (SSSR count). The lowest BCUT2D eigenvalue weighted by atomic mass is 9.98. The van der Waals surface area contributed by atoms with Crippen LogP contribution in [0.5, 0.6) is 0 Å². The Bertz CT molecular complexity index is 396.